The highest BCUT2D eigenvalue weighted by molar-refractivity contribution is 6.30. The number of rotatable bonds is 6. The van der Waals surface area contributed by atoms with Gasteiger partial charge >= 0.3 is 0 Å². The first-order chi connectivity index (χ1) is 28.3. The minimum absolute atomic E-state index is 0.696. The molecule has 0 atom stereocenters. The third kappa shape index (κ3) is 5.58. The fraction of sp³-hybridized carbons (Fsp3) is 0. The smallest absolute Gasteiger partial charge is 0.160 e. The molecule has 11 rings (SSSR count). The molecule has 4 heteroatoms. The molecular formula is C53H34N4. The zero-order chi connectivity index (χ0) is 37.7. The van der Waals surface area contributed by atoms with Crippen molar-refractivity contribution in [2.45, 2.75) is 0 Å². The van der Waals surface area contributed by atoms with E-state index in [9.17, 15) is 0 Å². The standard InChI is InChI=1S/C53H34N4/c1-5-17-35(18-6-1)45-34-46(55-53(54-45)37-21-9-3-10-22-37)39-24-15-23-38(33-39)41-28-16-29-43-49-44(51(56-52(41)43)36-19-7-2-8-20-36)31-32-48-50(49)42-27-13-14-30-47(42)57(48)40-25-11-4-12-26-40/h1-34H. The summed E-state index contributed by atoms with van der Waals surface area (Å²) in [5.41, 5.74) is 13.4. The van der Waals surface area contributed by atoms with Crippen LogP contribution in [0, 0.1) is 0 Å². The van der Waals surface area contributed by atoms with Crippen molar-refractivity contribution in [3.63, 3.8) is 0 Å². The highest BCUT2D eigenvalue weighted by atomic mass is 15.0. The SMILES string of the molecule is c1ccc(-c2cc(-c3cccc(-c4cccc5c4nc(-c4ccccc4)c4ccc6c(c7ccccc7n6-c6ccccc6)c45)c3)nc(-c3ccccc3)n2)cc1. The maximum atomic E-state index is 5.58. The largest absolute Gasteiger partial charge is 0.309 e. The van der Waals surface area contributed by atoms with Crippen molar-refractivity contribution >= 4 is 43.5 Å². The van der Waals surface area contributed by atoms with Gasteiger partial charge < -0.3 is 4.57 Å². The van der Waals surface area contributed by atoms with Crippen LogP contribution in [-0.4, -0.2) is 19.5 Å². The van der Waals surface area contributed by atoms with Gasteiger partial charge in [0.2, 0.25) is 0 Å². The number of hydrogen-bond acceptors (Lipinski definition) is 3. The minimum Gasteiger partial charge on any atom is -0.309 e. The third-order valence-electron chi connectivity index (χ3n) is 11.0. The van der Waals surface area contributed by atoms with E-state index in [2.05, 4.69) is 174 Å². The second kappa shape index (κ2) is 13.6. The second-order valence-electron chi connectivity index (χ2n) is 14.4. The van der Waals surface area contributed by atoms with Crippen molar-refractivity contribution in [3.05, 3.63) is 206 Å². The summed E-state index contributed by atoms with van der Waals surface area (Å²) in [5, 5.41) is 5.90. The minimum atomic E-state index is 0.696. The Bertz CT molecular complexity index is 3210. The lowest BCUT2D eigenvalue weighted by Gasteiger charge is -2.15. The van der Waals surface area contributed by atoms with Gasteiger partial charge in [-0.25, -0.2) is 15.0 Å². The van der Waals surface area contributed by atoms with E-state index in [4.69, 9.17) is 15.0 Å². The molecule has 4 nitrogen and oxygen atoms in total. The molecule has 8 aromatic carbocycles. The van der Waals surface area contributed by atoms with Gasteiger partial charge in [-0.15, -0.1) is 0 Å². The van der Waals surface area contributed by atoms with Gasteiger partial charge in [-0.1, -0.05) is 170 Å². The van der Waals surface area contributed by atoms with Crippen LogP contribution in [0.4, 0.5) is 0 Å². The summed E-state index contributed by atoms with van der Waals surface area (Å²) in [6.07, 6.45) is 0. The molecular weight excluding hydrogens is 693 g/mol. The Hall–Kier alpha value is -7.69. The van der Waals surface area contributed by atoms with E-state index in [1.807, 2.05) is 36.4 Å². The van der Waals surface area contributed by atoms with E-state index in [0.717, 1.165) is 72.4 Å². The third-order valence-corrected chi connectivity index (χ3v) is 11.0. The van der Waals surface area contributed by atoms with Gasteiger partial charge in [-0.2, -0.15) is 0 Å². The molecule has 0 spiro atoms. The van der Waals surface area contributed by atoms with Crippen molar-refractivity contribution in [3.8, 4) is 62.0 Å². The van der Waals surface area contributed by atoms with E-state index in [-0.39, 0.29) is 0 Å². The van der Waals surface area contributed by atoms with Crippen LogP contribution in [0.3, 0.4) is 0 Å². The molecule has 0 aliphatic rings. The summed E-state index contributed by atoms with van der Waals surface area (Å²) < 4.78 is 2.39. The lowest BCUT2D eigenvalue weighted by Crippen LogP contribution is -1.96. The number of pyridine rings is 1. The number of fused-ring (bicyclic) bond motifs is 7. The lowest BCUT2D eigenvalue weighted by atomic mass is 9.93. The molecule has 0 saturated heterocycles. The van der Waals surface area contributed by atoms with Crippen LogP contribution < -0.4 is 0 Å². The molecule has 266 valence electrons. The Morgan fingerprint density at radius 2 is 0.912 bits per heavy atom. The van der Waals surface area contributed by atoms with E-state index < -0.39 is 0 Å². The summed E-state index contributed by atoms with van der Waals surface area (Å²) in [6.45, 7) is 0. The molecule has 0 aliphatic carbocycles. The van der Waals surface area contributed by atoms with E-state index in [1.54, 1.807) is 0 Å². The normalized spacial score (nSPS) is 11.5. The molecule has 0 bridgehead atoms. The Kier molecular flexibility index (Phi) is 7.78. The van der Waals surface area contributed by atoms with Crippen molar-refractivity contribution < 1.29 is 0 Å². The molecule has 0 aliphatic heterocycles. The predicted octanol–water partition coefficient (Wildman–Crippen LogP) is 13.6. The van der Waals surface area contributed by atoms with Crippen LogP contribution in [0.1, 0.15) is 0 Å². The first-order valence-electron chi connectivity index (χ1n) is 19.3. The number of aromatic nitrogens is 4. The molecule has 0 saturated carbocycles. The Morgan fingerprint density at radius 1 is 0.333 bits per heavy atom. The number of nitrogens with zero attached hydrogens (tertiary/aromatic N) is 4. The summed E-state index contributed by atoms with van der Waals surface area (Å²) >= 11 is 0. The topological polar surface area (TPSA) is 43.6 Å². The van der Waals surface area contributed by atoms with Gasteiger partial charge in [0.15, 0.2) is 5.82 Å². The monoisotopic (exact) mass is 726 g/mol. The van der Waals surface area contributed by atoms with Crippen LogP contribution in [0.25, 0.3) is 105 Å². The zero-order valence-corrected chi connectivity index (χ0v) is 30.9. The van der Waals surface area contributed by atoms with Crippen LogP contribution >= 0.6 is 0 Å². The molecule has 3 aromatic heterocycles. The first-order valence-corrected chi connectivity index (χ1v) is 19.3. The predicted molar refractivity (Wildman–Crippen MR) is 236 cm³/mol. The molecule has 0 radical (unpaired) electrons. The summed E-state index contributed by atoms with van der Waals surface area (Å²) in [6, 6.07) is 72.5. The molecule has 0 N–H and O–H groups in total. The Labute approximate surface area is 330 Å². The highest BCUT2D eigenvalue weighted by Gasteiger charge is 2.21. The van der Waals surface area contributed by atoms with Crippen LogP contribution in [-0.2, 0) is 0 Å². The quantitative estimate of drug-likeness (QED) is 0.160. The summed E-state index contributed by atoms with van der Waals surface area (Å²) in [4.78, 5) is 15.8. The Balaban J connectivity index is 1.18. The summed E-state index contributed by atoms with van der Waals surface area (Å²) in [7, 11) is 0. The van der Waals surface area contributed by atoms with Gasteiger partial charge in [0, 0.05) is 60.4 Å². The van der Waals surface area contributed by atoms with Crippen LogP contribution in [0.5, 0.6) is 0 Å². The number of benzene rings is 8. The fourth-order valence-electron chi connectivity index (χ4n) is 8.39. The average molecular weight is 727 g/mol. The van der Waals surface area contributed by atoms with Crippen molar-refractivity contribution in [2.75, 3.05) is 0 Å². The molecule has 0 unspecified atom stereocenters. The van der Waals surface area contributed by atoms with Crippen molar-refractivity contribution in [1.29, 1.82) is 0 Å². The van der Waals surface area contributed by atoms with Gasteiger partial charge in [-0.05, 0) is 42.0 Å². The number of hydrogen-bond donors (Lipinski definition) is 0. The van der Waals surface area contributed by atoms with Gasteiger partial charge in [0.05, 0.1) is 33.6 Å². The van der Waals surface area contributed by atoms with Gasteiger partial charge in [0.25, 0.3) is 0 Å². The fourth-order valence-corrected chi connectivity index (χ4v) is 8.39. The second-order valence-corrected chi connectivity index (χ2v) is 14.4. The van der Waals surface area contributed by atoms with E-state index in [1.165, 1.54) is 27.2 Å². The molecule has 11 aromatic rings. The zero-order valence-electron chi connectivity index (χ0n) is 30.9. The maximum Gasteiger partial charge on any atom is 0.160 e. The first kappa shape index (κ1) is 32.7. The highest BCUT2D eigenvalue weighted by Crippen LogP contribution is 2.44. The van der Waals surface area contributed by atoms with Crippen LogP contribution in [0.2, 0.25) is 0 Å². The van der Waals surface area contributed by atoms with Crippen LogP contribution in [0.15, 0.2) is 206 Å². The molecule has 0 amide bonds. The van der Waals surface area contributed by atoms with Gasteiger partial charge in [-0.3, -0.25) is 0 Å². The van der Waals surface area contributed by atoms with E-state index in [0.29, 0.717) is 5.82 Å². The molecule has 57 heavy (non-hydrogen) atoms. The van der Waals surface area contributed by atoms with Gasteiger partial charge in [0.1, 0.15) is 0 Å². The van der Waals surface area contributed by atoms with Crippen molar-refractivity contribution in [2.24, 2.45) is 0 Å². The van der Waals surface area contributed by atoms with E-state index >= 15 is 0 Å². The Morgan fingerprint density at radius 3 is 1.67 bits per heavy atom. The maximum absolute atomic E-state index is 5.58. The summed E-state index contributed by atoms with van der Waals surface area (Å²) in [5.74, 6) is 0.696. The average Bonchev–Trinajstić information content (AvgIpc) is 3.64. The molecule has 3 heterocycles. The number of para-hydroxylation sites is 3. The lowest BCUT2D eigenvalue weighted by molar-refractivity contribution is 1.18. The van der Waals surface area contributed by atoms with Crippen molar-refractivity contribution in [1.82, 2.24) is 19.5 Å². The molecule has 0 fully saturated rings.